The number of aromatic nitrogens is 5. The van der Waals surface area contributed by atoms with Gasteiger partial charge in [-0.2, -0.15) is 13.2 Å². The molecule has 4 heterocycles. The Bertz CT molecular complexity index is 1190. The minimum Gasteiger partial charge on any atom is -0.364 e. The van der Waals surface area contributed by atoms with Gasteiger partial charge in [0.25, 0.3) is 5.91 Å². The van der Waals surface area contributed by atoms with Crippen molar-refractivity contribution in [2.45, 2.75) is 44.6 Å². The van der Waals surface area contributed by atoms with Gasteiger partial charge < -0.3 is 25.3 Å². The minimum atomic E-state index is -4.64. The summed E-state index contributed by atoms with van der Waals surface area (Å²) < 4.78 is 49.4. The van der Waals surface area contributed by atoms with E-state index in [1.54, 1.807) is 17.2 Å². The molecular formula is C20H23F3N8O4. The highest BCUT2D eigenvalue weighted by Crippen LogP contribution is 2.33. The zero-order valence-corrected chi connectivity index (χ0v) is 18.8. The Kier molecular flexibility index (Phi) is 6.60. The molecule has 0 spiro atoms. The Hall–Kier alpha value is -3.75. The van der Waals surface area contributed by atoms with E-state index in [4.69, 9.17) is 4.74 Å². The van der Waals surface area contributed by atoms with Crippen molar-refractivity contribution in [1.29, 1.82) is 0 Å². The third kappa shape index (κ3) is 5.50. The van der Waals surface area contributed by atoms with Crippen LogP contribution >= 0.6 is 0 Å². The van der Waals surface area contributed by atoms with Gasteiger partial charge in [-0.25, -0.2) is 19.4 Å². The molecule has 0 bridgehead atoms. The number of alkyl halides is 3. The lowest BCUT2D eigenvalue weighted by molar-refractivity contribution is -0.265. The van der Waals surface area contributed by atoms with E-state index in [0.29, 0.717) is 25.2 Å². The van der Waals surface area contributed by atoms with Crippen LogP contribution in [0.2, 0.25) is 0 Å². The number of H-pyrrole nitrogens is 1. The molecule has 188 valence electrons. The summed E-state index contributed by atoms with van der Waals surface area (Å²) in [7, 11) is 0. The lowest BCUT2D eigenvalue weighted by Gasteiger charge is -2.29. The summed E-state index contributed by atoms with van der Waals surface area (Å²) in [5, 5.41) is 12.1. The lowest BCUT2D eigenvalue weighted by atomic mass is 10.1. The van der Waals surface area contributed by atoms with E-state index < -0.39 is 30.3 Å². The number of amides is 3. The maximum atomic E-state index is 13.3. The molecule has 3 aromatic rings. The van der Waals surface area contributed by atoms with Crippen LogP contribution in [0.3, 0.4) is 0 Å². The van der Waals surface area contributed by atoms with Crippen LogP contribution in [-0.4, -0.2) is 73.6 Å². The van der Waals surface area contributed by atoms with Gasteiger partial charge in [-0.15, -0.1) is 0 Å². The second-order valence-electron chi connectivity index (χ2n) is 8.48. The normalized spacial score (nSPS) is 15.8. The number of rotatable bonds is 8. The van der Waals surface area contributed by atoms with E-state index in [2.05, 4.69) is 40.5 Å². The summed E-state index contributed by atoms with van der Waals surface area (Å²) in [5.74, 6) is -0.613. The molecule has 3 aromatic heterocycles. The first-order chi connectivity index (χ1) is 16.5. The van der Waals surface area contributed by atoms with E-state index in [1.807, 2.05) is 0 Å². The van der Waals surface area contributed by atoms with Gasteiger partial charge in [0.1, 0.15) is 18.1 Å². The second-order valence-corrected chi connectivity index (χ2v) is 8.48. The van der Waals surface area contributed by atoms with Crippen LogP contribution in [0, 0.1) is 0 Å². The zero-order chi connectivity index (χ0) is 25.2. The molecule has 1 fully saturated rings. The van der Waals surface area contributed by atoms with Gasteiger partial charge >= 0.3 is 12.2 Å². The third-order valence-electron chi connectivity index (χ3n) is 5.48. The van der Waals surface area contributed by atoms with Crippen LogP contribution < -0.4 is 10.6 Å². The molecule has 1 unspecified atom stereocenters. The smallest absolute Gasteiger partial charge is 0.364 e. The minimum absolute atomic E-state index is 0.128. The van der Waals surface area contributed by atoms with Gasteiger partial charge in [0.2, 0.25) is 0 Å². The Morgan fingerprint density at radius 1 is 1.34 bits per heavy atom. The first-order valence-corrected chi connectivity index (χ1v) is 10.7. The van der Waals surface area contributed by atoms with Crippen molar-refractivity contribution in [3.05, 3.63) is 35.5 Å². The molecule has 12 nitrogen and oxygen atoms in total. The van der Waals surface area contributed by atoms with Gasteiger partial charge in [0.15, 0.2) is 16.9 Å². The SMILES string of the molecule is CC(C)(OCC(NC(=O)c1cnon1)c1nc2ncc(CN3CCCNC3=O)cc2[nH]1)C(F)(F)F. The van der Waals surface area contributed by atoms with Crippen LogP contribution in [0.5, 0.6) is 0 Å². The van der Waals surface area contributed by atoms with Crippen molar-refractivity contribution in [2.75, 3.05) is 19.7 Å². The van der Waals surface area contributed by atoms with Gasteiger partial charge in [-0.05, 0) is 37.1 Å². The summed E-state index contributed by atoms with van der Waals surface area (Å²) in [6, 6.07) is 0.462. The molecule has 1 atom stereocenters. The first-order valence-electron chi connectivity index (χ1n) is 10.7. The Morgan fingerprint density at radius 2 is 2.14 bits per heavy atom. The van der Waals surface area contributed by atoms with E-state index in [9.17, 15) is 22.8 Å². The highest BCUT2D eigenvalue weighted by molar-refractivity contribution is 5.92. The zero-order valence-electron chi connectivity index (χ0n) is 18.8. The molecule has 0 aliphatic carbocycles. The fraction of sp³-hybridized carbons (Fsp3) is 0.500. The molecule has 15 heteroatoms. The van der Waals surface area contributed by atoms with Crippen molar-refractivity contribution in [3.63, 3.8) is 0 Å². The molecule has 0 radical (unpaired) electrons. The van der Waals surface area contributed by atoms with E-state index in [0.717, 1.165) is 32.0 Å². The van der Waals surface area contributed by atoms with Crippen LogP contribution in [0.4, 0.5) is 18.0 Å². The summed E-state index contributed by atoms with van der Waals surface area (Å²) >= 11 is 0. The predicted molar refractivity (Wildman–Crippen MR) is 113 cm³/mol. The summed E-state index contributed by atoms with van der Waals surface area (Å²) in [6.07, 6.45) is -1.18. The number of hydrogen-bond donors (Lipinski definition) is 3. The van der Waals surface area contributed by atoms with E-state index >= 15 is 0 Å². The molecular weight excluding hydrogens is 473 g/mol. The lowest BCUT2D eigenvalue weighted by Crippen LogP contribution is -2.45. The highest BCUT2D eigenvalue weighted by atomic mass is 19.4. The number of carbonyl (C=O) groups excluding carboxylic acids is 2. The van der Waals surface area contributed by atoms with Crippen molar-refractivity contribution in [2.24, 2.45) is 0 Å². The summed E-state index contributed by atoms with van der Waals surface area (Å²) in [4.78, 5) is 37.7. The molecule has 1 aliphatic heterocycles. The Morgan fingerprint density at radius 3 is 2.83 bits per heavy atom. The topological polar surface area (TPSA) is 151 Å². The monoisotopic (exact) mass is 496 g/mol. The largest absolute Gasteiger partial charge is 0.416 e. The fourth-order valence-electron chi connectivity index (χ4n) is 3.32. The van der Waals surface area contributed by atoms with Crippen LogP contribution in [0.15, 0.2) is 23.1 Å². The van der Waals surface area contributed by atoms with Gasteiger partial charge in [-0.3, -0.25) is 4.79 Å². The van der Waals surface area contributed by atoms with Crippen molar-refractivity contribution in [3.8, 4) is 0 Å². The highest BCUT2D eigenvalue weighted by Gasteiger charge is 2.49. The molecule has 3 N–H and O–H groups in total. The number of fused-ring (bicyclic) bond motifs is 1. The molecule has 4 rings (SSSR count). The number of halogens is 3. The van der Waals surface area contributed by atoms with Gasteiger partial charge in [-0.1, -0.05) is 5.16 Å². The fourth-order valence-corrected chi connectivity index (χ4v) is 3.32. The number of hydrogen-bond acceptors (Lipinski definition) is 8. The number of nitrogens with one attached hydrogen (secondary N) is 3. The third-order valence-corrected chi connectivity index (χ3v) is 5.48. The number of imidazole rings is 1. The average Bonchev–Trinajstić information content (AvgIpc) is 3.47. The van der Waals surface area contributed by atoms with Gasteiger partial charge in [0.05, 0.1) is 12.1 Å². The number of ether oxygens (including phenoxy) is 1. The standard InChI is InChI=1S/C20H23F3N8O4/c1-19(2,20(21,22)23)34-10-14(28-17(32)13-8-26-35-30-13)16-27-12-6-11(7-25-15(12)29-16)9-31-5-3-4-24-18(31)33/h6-8,14H,3-5,9-10H2,1-2H3,(H,24,33)(H,28,32)(H,25,27,29). The Balaban J connectivity index is 1.57. The second kappa shape index (κ2) is 9.48. The molecule has 35 heavy (non-hydrogen) atoms. The van der Waals surface area contributed by atoms with Gasteiger partial charge in [0, 0.05) is 25.8 Å². The van der Waals surface area contributed by atoms with E-state index in [1.165, 1.54) is 0 Å². The molecule has 1 saturated heterocycles. The number of urea groups is 1. The predicted octanol–water partition coefficient (Wildman–Crippen LogP) is 2.08. The molecule has 3 amide bonds. The molecule has 1 aliphatic rings. The van der Waals surface area contributed by atoms with Crippen LogP contribution in [-0.2, 0) is 11.3 Å². The Labute approximate surface area is 196 Å². The number of pyridine rings is 1. The maximum Gasteiger partial charge on any atom is 0.416 e. The first kappa shape index (κ1) is 24.4. The van der Waals surface area contributed by atoms with Crippen LogP contribution in [0.1, 0.15) is 48.2 Å². The number of nitrogens with zero attached hydrogens (tertiary/aromatic N) is 5. The van der Waals surface area contributed by atoms with Crippen LogP contribution in [0.25, 0.3) is 11.2 Å². The summed E-state index contributed by atoms with van der Waals surface area (Å²) in [6.45, 7) is 2.78. The number of carbonyl (C=O) groups is 2. The van der Waals surface area contributed by atoms with E-state index in [-0.39, 0.29) is 23.2 Å². The quantitative estimate of drug-likeness (QED) is 0.429. The van der Waals surface area contributed by atoms with Crippen molar-refractivity contribution < 1.29 is 32.1 Å². The average molecular weight is 496 g/mol. The number of aromatic amines is 1. The molecule has 0 saturated carbocycles. The summed E-state index contributed by atoms with van der Waals surface area (Å²) in [5.41, 5.74) is -1.15. The van der Waals surface area contributed by atoms with Crippen molar-refractivity contribution >= 4 is 23.1 Å². The molecule has 0 aromatic carbocycles. The maximum absolute atomic E-state index is 13.3. The van der Waals surface area contributed by atoms with Crippen molar-refractivity contribution in [1.82, 2.24) is 40.8 Å².